The first-order valence-electron chi connectivity index (χ1n) is 8.66. The molecule has 4 aliphatic rings. The van der Waals surface area contributed by atoms with Gasteiger partial charge in [-0.25, -0.2) is 0 Å². The van der Waals surface area contributed by atoms with Crippen molar-refractivity contribution in [1.29, 1.82) is 0 Å². The van der Waals surface area contributed by atoms with Crippen LogP contribution in [0.2, 0.25) is 0 Å². The van der Waals surface area contributed by atoms with E-state index in [1.54, 1.807) is 0 Å². The number of aryl methyl sites for hydroxylation is 1. The van der Waals surface area contributed by atoms with Gasteiger partial charge in [0.15, 0.2) is 0 Å². The first-order chi connectivity index (χ1) is 10.1. The molecule has 1 atom stereocenters. The lowest BCUT2D eigenvalue weighted by atomic mass is 9.48. The second-order valence-corrected chi connectivity index (χ2v) is 8.81. The summed E-state index contributed by atoms with van der Waals surface area (Å²) < 4.78 is 0. The van der Waals surface area contributed by atoms with Crippen LogP contribution in [0, 0.1) is 30.1 Å². The molecule has 1 aromatic heterocycles. The van der Waals surface area contributed by atoms with E-state index in [1.807, 2.05) is 12.3 Å². The number of hydrogen-bond donors (Lipinski definition) is 0. The van der Waals surface area contributed by atoms with E-state index in [1.165, 1.54) is 56.2 Å². The summed E-state index contributed by atoms with van der Waals surface area (Å²) in [5.74, 6) is 3.07. The van der Waals surface area contributed by atoms with Crippen LogP contribution >= 0.6 is 11.6 Å². The van der Waals surface area contributed by atoms with E-state index in [4.69, 9.17) is 11.6 Å². The third-order valence-electron chi connectivity index (χ3n) is 6.35. The Kier molecular flexibility index (Phi) is 3.52. The first kappa shape index (κ1) is 14.1. The summed E-state index contributed by atoms with van der Waals surface area (Å²) >= 11 is 6.78. The molecule has 1 aromatic rings. The van der Waals surface area contributed by atoms with Crippen molar-refractivity contribution in [3.05, 3.63) is 29.6 Å². The van der Waals surface area contributed by atoms with Crippen LogP contribution in [0.1, 0.15) is 56.2 Å². The Morgan fingerprint density at radius 1 is 1.19 bits per heavy atom. The summed E-state index contributed by atoms with van der Waals surface area (Å²) in [6.07, 6.45) is 13.0. The molecule has 0 radical (unpaired) electrons. The molecule has 21 heavy (non-hydrogen) atoms. The van der Waals surface area contributed by atoms with Crippen LogP contribution in [0.5, 0.6) is 0 Å². The smallest absolute Gasteiger partial charge is 0.0447 e. The standard InChI is InChI=1S/C19H26ClN/c1-13-3-2-4-21-18(13)8-17(20)12-19-9-14-5-15(10-19)7-16(6-14)11-19/h2-4,14-17H,5-12H2,1H3. The van der Waals surface area contributed by atoms with Crippen LogP contribution in [0.4, 0.5) is 0 Å². The van der Waals surface area contributed by atoms with Crippen LogP contribution in [-0.4, -0.2) is 10.4 Å². The van der Waals surface area contributed by atoms with Crippen molar-refractivity contribution in [2.24, 2.45) is 23.2 Å². The highest BCUT2D eigenvalue weighted by molar-refractivity contribution is 6.20. The zero-order valence-corrected chi connectivity index (χ0v) is 13.8. The van der Waals surface area contributed by atoms with Crippen molar-refractivity contribution in [1.82, 2.24) is 4.98 Å². The maximum atomic E-state index is 6.78. The monoisotopic (exact) mass is 303 g/mol. The Labute approximate surface area is 133 Å². The van der Waals surface area contributed by atoms with Gasteiger partial charge in [-0.1, -0.05) is 6.07 Å². The Morgan fingerprint density at radius 2 is 1.81 bits per heavy atom. The molecule has 0 spiro atoms. The molecule has 4 saturated carbocycles. The van der Waals surface area contributed by atoms with E-state index >= 15 is 0 Å². The molecule has 2 heteroatoms. The maximum Gasteiger partial charge on any atom is 0.0447 e. The number of pyridine rings is 1. The highest BCUT2D eigenvalue weighted by Crippen LogP contribution is 2.61. The van der Waals surface area contributed by atoms with Crippen LogP contribution in [-0.2, 0) is 6.42 Å². The van der Waals surface area contributed by atoms with Crippen molar-refractivity contribution in [3.63, 3.8) is 0 Å². The number of nitrogens with zero attached hydrogens (tertiary/aromatic N) is 1. The quantitative estimate of drug-likeness (QED) is 0.701. The zero-order chi connectivity index (χ0) is 14.4. The summed E-state index contributed by atoms with van der Waals surface area (Å²) in [6.45, 7) is 2.15. The summed E-state index contributed by atoms with van der Waals surface area (Å²) in [5, 5.41) is 0.259. The fraction of sp³-hybridized carbons (Fsp3) is 0.737. The Bertz CT molecular complexity index is 489. The number of rotatable bonds is 4. The van der Waals surface area contributed by atoms with Crippen LogP contribution in [0.3, 0.4) is 0 Å². The van der Waals surface area contributed by atoms with Crippen molar-refractivity contribution in [2.45, 2.75) is 63.7 Å². The predicted octanol–water partition coefficient (Wildman–Crippen LogP) is 5.15. The molecule has 5 rings (SSSR count). The van der Waals surface area contributed by atoms with Gasteiger partial charge in [0.1, 0.15) is 0 Å². The zero-order valence-electron chi connectivity index (χ0n) is 13.0. The topological polar surface area (TPSA) is 12.9 Å². The minimum atomic E-state index is 0.259. The number of hydrogen-bond acceptors (Lipinski definition) is 1. The predicted molar refractivity (Wildman–Crippen MR) is 87.5 cm³/mol. The van der Waals surface area contributed by atoms with Gasteiger partial charge in [0.05, 0.1) is 0 Å². The van der Waals surface area contributed by atoms with E-state index in [0.29, 0.717) is 5.41 Å². The lowest BCUT2D eigenvalue weighted by molar-refractivity contribution is -0.0574. The fourth-order valence-electron chi connectivity index (χ4n) is 6.02. The fourth-order valence-corrected chi connectivity index (χ4v) is 6.50. The van der Waals surface area contributed by atoms with E-state index in [-0.39, 0.29) is 5.38 Å². The molecule has 1 nitrogen and oxygen atoms in total. The summed E-state index contributed by atoms with van der Waals surface area (Å²) in [5.41, 5.74) is 3.07. The minimum Gasteiger partial charge on any atom is -0.261 e. The van der Waals surface area contributed by atoms with Gasteiger partial charge in [0.25, 0.3) is 0 Å². The number of alkyl halides is 1. The second-order valence-electron chi connectivity index (χ2n) is 8.19. The molecule has 1 unspecified atom stereocenters. The minimum absolute atomic E-state index is 0.259. The summed E-state index contributed by atoms with van der Waals surface area (Å²) in [6, 6.07) is 4.16. The molecule has 4 bridgehead atoms. The number of aromatic nitrogens is 1. The Balaban J connectivity index is 1.45. The van der Waals surface area contributed by atoms with Crippen molar-refractivity contribution >= 4 is 11.6 Å². The largest absolute Gasteiger partial charge is 0.261 e. The van der Waals surface area contributed by atoms with Gasteiger partial charge in [0.2, 0.25) is 0 Å². The summed E-state index contributed by atoms with van der Waals surface area (Å²) in [4.78, 5) is 4.53. The molecule has 0 N–H and O–H groups in total. The van der Waals surface area contributed by atoms with Crippen molar-refractivity contribution < 1.29 is 0 Å². The molecule has 1 heterocycles. The van der Waals surface area contributed by atoms with Crippen molar-refractivity contribution in [3.8, 4) is 0 Å². The Morgan fingerprint density at radius 3 is 2.38 bits per heavy atom. The number of halogens is 1. The van der Waals surface area contributed by atoms with E-state index in [0.717, 1.165) is 24.2 Å². The van der Waals surface area contributed by atoms with Gasteiger partial charge >= 0.3 is 0 Å². The molecule has 0 aliphatic heterocycles. The van der Waals surface area contributed by atoms with Gasteiger partial charge in [-0.15, -0.1) is 11.6 Å². The van der Waals surface area contributed by atoms with E-state index < -0.39 is 0 Å². The maximum absolute atomic E-state index is 6.78. The first-order valence-corrected chi connectivity index (χ1v) is 9.10. The molecular formula is C19H26ClN. The average molecular weight is 304 g/mol. The lowest BCUT2D eigenvalue weighted by Gasteiger charge is -2.57. The van der Waals surface area contributed by atoms with Crippen LogP contribution < -0.4 is 0 Å². The van der Waals surface area contributed by atoms with Gasteiger partial charge in [0, 0.05) is 23.7 Å². The highest BCUT2D eigenvalue weighted by Gasteiger charge is 2.51. The van der Waals surface area contributed by atoms with Crippen LogP contribution in [0.25, 0.3) is 0 Å². The molecule has 114 valence electrons. The lowest BCUT2D eigenvalue weighted by Crippen LogP contribution is -2.47. The second kappa shape index (κ2) is 5.26. The third kappa shape index (κ3) is 2.74. The SMILES string of the molecule is Cc1cccnc1CC(Cl)CC12CC3CC(CC(C3)C1)C2. The molecule has 4 fully saturated rings. The van der Waals surface area contributed by atoms with Gasteiger partial charge < -0.3 is 0 Å². The average Bonchev–Trinajstić information content (AvgIpc) is 2.39. The van der Waals surface area contributed by atoms with Gasteiger partial charge in [-0.05, 0) is 86.7 Å². The molecule has 4 aliphatic carbocycles. The van der Waals surface area contributed by atoms with E-state index in [2.05, 4.69) is 18.0 Å². The third-order valence-corrected chi connectivity index (χ3v) is 6.66. The molecular weight excluding hydrogens is 278 g/mol. The summed E-state index contributed by atoms with van der Waals surface area (Å²) in [7, 11) is 0. The molecule has 0 amide bonds. The van der Waals surface area contributed by atoms with Gasteiger partial charge in [-0.2, -0.15) is 0 Å². The Hall–Kier alpha value is -0.560. The van der Waals surface area contributed by atoms with Crippen molar-refractivity contribution in [2.75, 3.05) is 0 Å². The normalized spacial score (nSPS) is 38.7. The molecule has 0 saturated heterocycles. The molecule has 0 aromatic carbocycles. The highest BCUT2D eigenvalue weighted by atomic mass is 35.5. The van der Waals surface area contributed by atoms with E-state index in [9.17, 15) is 0 Å². The van der Waals surface area contributed by atoms with Crippen LogP contribution in [0.15, 0.2) is 18.3 Å². The van der Waals surface area contributed by atoms with Gasteiger partial charge in [-0.3, -0.25) is 4.98 Å².